The predicted octanol–water partition coefficient (Wildman–Crippen LogP) is 1.48. The summed E-state index contributed by atoms with van der Waals surface area (Å²) in [6.45, 7) is 0.502. The summed E-state index contributed by atoms with van der Waals surface area (Å²) in [5.41, 5.74) is 4.11. The maximum atomic E-state index is 12.0. The minimum Gasteiger partial charge on any atom is -0.325 e. The maximum Gasteiger partial charge on any atom is 0.267 e. The normalized spacial score (nSPS) is 12.9. The minimum absolute atomic E-state index is 0.0949. The molecule has 6 heteroatoms. The summed E-state index contributed by atoms with van der Waals surface area (Å²) in [5.74, 6) is 2.26. The molecular weight excluding hydrogens is 316 g/mol. The van der Waals surface area contributed by atoms with Gasteiger partial charge in [0.05, 0.1) is 18.8 Å². The number of aromatic amines is 1. The van der Waals surface area contributed by atoms with Gasteiger partial charge in [-0.15, -0.1) is 6.42 Å². The van der Waals surface area contributed by atoms with Gasteiger partial charge in [0.15, 0.2) is 0 Å². The van der Waals surface area contributed by atoms with Gasteiger partial charge in [-0.05, 0) is 43.4 Å². The number of anilines is 1. The number of nitrogens with one attached hydrogen (secondary N) is 3. The van der Waals surface area contributed by atoms with Crippen molar-refractivity contribution >= 4 is 11.6 Å². The van der Waals surface area contributed by atoms with Crippen molar-refractivity contribution in [2.24, 2.45) is 0 Å². The molecule has 0 bridgehead atoms. The Morgan fingerprint density at radius 3 is 2.88 bits per heavy atom. The first-order valence-corrected chi connectivity index (χ1v) is 8.34. The van der Waals surface area contributed by atoms with Gasteiger partial charge in [-0.1, -0.05) is 18.1 Å². The van der Waals surface area contributed by atoms with Crippen LogP contribution < -0.4 is 16.2 Å². The Bertz CT molecular complexity index is 880. The predicted molar refractivity (Wildman–Crippen MR) is 97.3 cm³/mol. The SMILES string of the molecule is C#CCNCC(=O)Nc1cccc(-c2n[nH]c(=O)c3c2CCCC3)c1. The van der Waals surface area contributed by atoms with Crippen LogP contribution in [0.3, 0.4) is 0 Å². The Hall–Kier alpha value is -2.91. The lowest BCUT2D eigenvalue weighted by Gasteiger charge is -2.17. The fraction of sp³-hybridized carbons (Fsp3) is 0.316. The van der Waals surface area contributed by atoms with Crippen molar-refractivity contribution in [1.29, 1.82) is 0 Å². The van der Waals surface area contributed by atoms with E-state index in [1.807, 2.05) is 24.3 Å². The first-order valence-electron chi connectivity index (χ1n) is 8.34. The van der Waals surface area contributed by atoms with E-state index in [0.29, 0.717) is 12.2 Å². The number of hydrogen-bond acceptors (Lipinski definition) is 4. The Balaban J connectivity index is 1.84. The lowest BCUT2D eigenvalue weighted by molar-refractivity contribution is -0.115. The molecule has 3 rings (SSSR count). The summed E-state index contributed by atoms with van der Waals surface area (Å²) in [6.07, 6.45) is 8.87. The summed E-state index contributed by atoms with van der Waals surface area (Å²) in [5, 5.41) is 12.5. The van der Waals surface area contributed by atoms with Gasteiger partial charge in [0.2, 0.25) is 5.91 Å². The van der Waals surface area contributed by atoms with E-state index in [0.717, 1.165) is 48.1 Å². The average molecular weight is 336 g/mol. The van der Waals surface area contributed by atoms with Crippen molar-refractivity contribution in [3.63, 3.8) is 0 Å². The van der Waals surface area contributed by atoms with Crippen molar-refractivity contribution in [2.75, 3.05) is 18.4 Å². The van der Waals surface area contributed by atoms with Gasteiger partial charge in [0, 0.05) is 16.8 Å². The highest BCUT2D eigenvalue weighted by molar-refractivity contribution is 5.93. The zero-order valence-electron chi connectivity index (χ0n) is 13.9. The zero-order chi connectivity index (χ0) is 17.6. The molecule has 0 unspecified atom stereocenters. The number of fused-ring (bicyclic) bond motifs is 1. The van der Waals surface area contributed by atoms with Crippen LogP contribution in [0, 0.1) is 12.3 Å². The quantitative estimate of drug-likeness (QED) is 0.570. The number of aromatic nitrogens is 2. The van der Waals surface area contributed by atoms with Crippen LogP contribution in [0.1, 0.15) is 24.0 Å². The van der Waals surface area contributed by atoms with E-state index in [2.05, 4.69) is 26.8 Å². The molecule has 2 aromatic rings. The monoisotopic (exact) mass is 336 g/mol. The molecule has 0 saturated heterocycles. The van der Waals surface area contributed by atoms with E-state index >= 15 is 0 Å². The van der Waals surface area contributed by atoms with Crippen LogP contribution in [0.2, 0.25) is 0 Å². The average Bonchev–Trinajstić information content (AvgIpc) is 2.63. The van der Waals surface area contributed by atoms with E-state index in [1.54, 1.807) is 0 Å². The number of rotatable bonds is 5. The fourth-order valence-corrected chi connectivity index (χ4v) is 3.10. The smallest absolute Gasteiger partial charge is 0.267 e. The standard InChI is InChI=1S/C19H20N4O2/c1-2-10-20-12-17(24)21-14-7-5-6-13(11-14)18-15-8-3-4-9-16(15)19(25)23-22-18/h1,5-7,11,20H,3-4,8-10,12H2,(H,21,24)(H,23,25). The first-order chi connectivity index (χ1) is 12.2. The van der Waals surface area contributed by atoms with Crippen LogP contribution in [0.15, 0.2) is 29.1 Å². The van der Waals surface area contributed by atoms with Crippen LogP contribution in [0.25, 0.3) is 11.3 Å². The number of H-pyrrole nitrogens is 1. The van der Waals surface area contributed by atoms with Crippen molar-refractivity contribution in [3.8, 4) is 23.6 Å². The molecule has 0 aliphatic heterocycles. The molecule has 6 nitrogen and oxygen atoms in total. The molecular formula is C19H20N4O2. The van der Waals surface area contributed by atoms with Crippen molar-refractivity contribution < 1.29 is 4.79 Å². The highest BCUT2D eigenvalue weighted by Gasteiger charge is 2.19. The Morgan fingerprint density at radius 1 is 1.28 bits per heavy atom. The highest BCUT2D eigenvalue weighted by Crippen LogP contribution is 2.28. The third-order valence-electron chi connectivity index (χ3n) is 4.23. The zero-order valence-corrected chi connectivity index (χ0v) is 13.9. The first kappa shape index (κ1) is 16.9. The minimum atomic E-state index is -0.163. The summed E-state index contributed by atoms with van der Waals surface area (Å²) in [7, 11) is 0. The number of amides is 1. The van der Waals surface area contributed by atoms with Crippen LogP contribution in [0.5, 0.6) is 0 Å². The molecule has 1 heterocycles. The third kappa shape index (κ3) is 3.95. The van der Waals surface area contributed by atoms with Crippen LogP contribution in [0.4, 0.5) is 5.69 Å². The maximum absolute atomic E-state index is 12.0. The number of terminal acetylenes is 1. The van der Waals surface area contributed by atoms with E-state index < -0.39 is 0 Å². The third-order valence-corrected chi connectivity index (χ3v) is 4.23. The van der Waals surface area contributed by atoms with Crippen molar-refractivity contribution in [3.05, 3.63) is 45.7 Å². The van der Waals surface area contributed by atoms with Gasteiger partial charge in [-0.25, -0.2) is 5.10 Å². The van der Waals surface area contributed by atoms with Crippen LogP contribution in [-0.2, 0) is 17.6 Å². The highest BCUT2D eigenvalue weighted by atomic mass is 16.2. The van der Waals surface area contributed by atoms with Crippen LogP contribution in [-0.4, -0.2) is 29.2 Å². The number of carbonyl (C=O) groups excluding carboxylic acids is 1. The van der Waals surface area contributed by atoms with Gasteiger partial charge in [0.25, 0.3) is 5.56 Å². The number of nitrogens with zero attached hydrogens (tertiary/aromatic N) is 1. The topological polar surface area (TPSA) is 86.9 Å². The molecule has 0 atom stereocenters. The fourth-order valence-electron chi connectivity index (χ4n) is 3.10. The number of hydrogen-bond donors (Lipinski definition) is 3. The summed E-state index contributed by atoms with van der Waals surface area (Å²) in [4.78, 5) is 23.9. The molecule has 0 saturated carbocycles. The molecule has 1 aromatic heterocycles. The molecule has 1 aromatic carbocycles. The Labute approximate surface area is 146 Å². The molecule has 128 valence electrons. The number of benzene rings is 1. The molecule has 0 spiro atoms. The second-order valence-corrected chi connectivity index (χ2v) is 6.00. The lowest BCUT2D eigenvalue weighted by Crippen LogP contribution is -2.28. The van der Waals surface area contributed by atoms with Crippen molar-refractivity contribution in [1.82, 2.24) is 15.5 Å². The molecule has 0 fully saturated rings. The van der Waals surface area contributed by atoms with Crippen molar-refractivity contribution in [2.45, 2.75) is 25.7 Å². The molecule has 1 aliphatic rings. The van der Waals surface area contributed by atoms with E-state index in [4.69, 9.17) is 6.42 Å². The second kappa shape index (κ2) is 7.77. The van der Waals surface area contributed by atoms with Gasteiger partial charge in [-0.2, -0.15) is 5.10 Å². The van der Waals surface area contributed by atoms with E-state index in [-0.39, 0.29) is 18.0 Å². The molecule has 3 N–H and O–H groups in total. The largest absolute Gasteiger partial charge is 0.325 e. The van der Waals surface area contributed by atoms with Gasteiger partial charge >= 0.3 is 0 Å². The Kier molecular flexibility index (Phi) is 5.26. The lowest BCUT2D eigenvalue weighted by atomic mass is 9.90. The molecule has 0 radical (unpaired) electrons. The summed E-state index contributed by atoms with van der Waals surface area (Å²) in [6, 6.07) is 7.49. The summed E-state index contributed by atoms with van der Waals surface area (Å²) < 4.78 is 0. The Morgan fingerprint density at radius 2 is 2.08 bits per heavy atom. The molecule has 25 heavy (non-hydrogen) atoms. The second-order valence-electron chi connectivity index (χ2n) is 6.00. The van der Waals surface area contributed by atoms with Gasteiger partial charge < -0.3 is 5.32 Å². The van der Waals surface area contributed by atoms with E-state index in [9.17, 15) is 9.59 Å². The molecule has 1 amide bonds. The van der Waals surface area contributed by atoms with Gasteiger partial charge in [0.1, 0.15) is 0 Å². The van der Waals surface area contributed by atoms with E-state index in [1.165, 1.54) is 0 Å². The van der Waals surface area contributed by atoms with Gasteiger partial charge in [-0.3, -0.25) is 14.9 Å². The number of carbonyl (C=O) groups is 1. The molecule has 1 aliphatic carbocycles. The summed E-state index contributed by atoms with van der Waals surface area (Å²) >= 11 is 0. The van der Waals surface area contributed by atoms with Crippen LogP contribution >= 0.6 is 0 Å².